The first-order valence-corrected chi connectivity index (χ1v) is 12.4. The molecule has 3 heterocycles. The van der Waals surface area contributed by atoms with Gasteiger partial charge in [-0.2, -0.15) is 5.10 Å². The first kappa shape index (κ1) is 22.0. The molecule has 6 rings (SSSR count). The first-order chi connectivity index (χ1) is 16.8. The normalized spacial score (nSPS) is 24.5. The molecular weight excluding hydrogens is 508 g/mol. The molecule has 3 aliphatic heterocycles. The Kier molecular flexibility index (Phi) is 5.07. The van der Waals surface area contributed by atoms with Crippen LogP contribution in [0.15, 0.2) is 76.3 Å². The van der Waals surface area contributed by atoms with Crippen LogP contribution >= 0.6 is 15.9 Å². The summed E-state index contributed by atoms with van der Waals surface area (Å²) in [5, 5.41) is 6.68. The molecule has 7 heteroatoms. The van der Waals surface area contributed by atoms with E-state index < -0.39 is 17.8 Å². The topological polar surface area (TPSA) is 68.2 Å². The maximum absolute atomic E-state index is 14.0. The summed E-state index contributed by atoms with van der Waals surface area (Å²) < 4.78 is 12.9. The van der Waals surface area contributed by atoms with Crippen LogP contribution in [0.4, 0.5) is 0 Å². The predicted octanol–water partition coefficient (Wildman–Crippen LogP) is 5.37. The molecular formula is C28H23BrN2O4. The van der Waals surface area contributed by atoms with E-state index in [2.05, 4.69) is 28.1 Å². The van der Waals surface area contributed by atoms with Crippen molar-refractivity contribution in [3.05, 3.63) is 99.0 Å². The number of benzene rings is 3. The summed E-state index contributed by atoms with van der Waals surface area (Å²) in [4.78, 5) is 26.7. The summed E-state index contributed by atoms with van der Waals surface area (Å²) in [6.45, 7) is 3.77. The number of halogens is 1. The minimum atomic E-state index is -1.44. The average molecular weight is 531 g/mol. The Labute approximate surface area is 211 Å². The minimum absolute atomic E-state index is 0.187. The molecule has 0 spiro atoms. The van der Waals surface area contributed by atoms with Crippen LogP contribution in [-0.2, 0) is 16.0 Å². The lowest BCUT2D eigenvalue weighted by Crippen LogP contribution is -2.61. The number of rotatable bonds is 3. The number of hydrogen-bond acceptors (Lipinski definition) is 6. The first-order valence-electron chi connectivity index (χ1n) is 11.6. The third kappa shape index (κ3) is 3.57. The van der Waals surface area contributed by atoms with E-state index in [0.29, 0.717) is 24.2 Å². The number of cyclic esters (lactones) is 1. The van der Waals surface area contributed by atoms with Crippen molar-refractivity contribution in [3.63, 3.8) is 0 Å². The van der Waals surface area contributed by atoms with Gasteiger partial charge < -0.3 is 9.47 Å². The number of esters is 1. The fourth-order valence-corrected chi connectivity index (χ4v) is 5.52. The largest absolute Gasteiger partial charge is 0.459 e. The van der Waals surface area contributed by atoms with Gasteiger partial charge in [0.1, 0.15) is 5.75 Å². The third-order valence-electron chi connectivity index (χ3n) is 7.01. The molecule has 0 aliphatic carbocycles. The molecule has 0 bridgehead atoms. The molecule has 0 saturated heterocycles. The molecule has 3 atom stereocenters. The Morgan fingerprint density at radius 2 is 1.86 bits per heavy atom. The van der Waals surface area contributed by atoms with Crippen LogP contribution in [0.3, 0.4) is 0 Å². The van der Waals surface area contributed by atoms with E-state index >= 15 is 0 Å². The molecule has 0 unspecified atom stereocenters. The van der Waals surface area contributed by atoms with Gasteiger partial charge in [-0.05, 0) is 42.3 Å². The van der Waals surface area contributed by atoms with Crippen molar-refractivity contribution in [2.45, 2.75) is 44.6 Å². The molecule has 0 aromatic heterocycles. The van der Waals surface area contributed by atoms with Crippen LogP contribution in [0.25, 0.3) is 0 Å². The fourth-order valence-electron chi connectivity index (χ4n) is 5.14. The van der Waals surface area contributed by atoms with Crippen LogP contribution in [0.1, 0.15) is 52.0 Å². The van der Waals surface area contributed by atoms with Crippen LogP contribution in [0, 0.1) is 6.92 Å². The van der Waals surface area contributed by atoms with Gasteiger partial charge in [0.15, 0.2) is 6.10 Å². The quantitative estimate of drug-likeness (QED) is 0.426. The van der Waals surface area contributed by atoms with Crippen molar-refractivity contribution in [2.75, 3.05) is 0 Å². The lowest BCUT2D eigenvalue weighted by atomic mass is 9.89. The maximum atomic E-state index is 14.0. The minimum Gasteiger partial charge on any atom is -0.459 e. The molecule has 0 fully saturated rings. The lowest BCUT2D eigenvalue weighted by Gasteiger charge is -2.45. The SMILES string of the molecule is Cc1ccc(C2=NN3[C@H](C2)c2cc(Br)ccc2O[C@@]3(C)C(=O)[C@H]2Cc3ccccc3C(=O)O2)cc1. The van der Waals surface area contributed by atoms with Crippen molar-refractivity contribution in [3.8, 4) is 5.75 Å². The van der Waals surface area contributed by atoms with Gasteiger partial charge in [0.05, 0.1) is 17.3 Å². The van der Waals surface area contributed by atoms with E-state index in [0.717, 1.165) is 26.9 Å². The standard InChI is InChI=1S/C28H23BrN2O4/c1-16-7-9-17(10-8-16)22-15-23-21-14-19(29)11-12-24(21)35-28(2,31(23)30-22)26(32)25-13-18-5-3-4-6-20(18)27(33)34-25/h3-12,14,23,25H,13,15H2,1-2H3/t23-,25-,28+/m1/s1. The molecule has 3 aromatic carbocycles. The van der Waals surface area contributed by atoms with Gasteiger partial charge in [0, 0.05) is 29.8 Å². The molecule has 6 nitrogen and oxygen atoms in total. The zero-order chi connectivity index (χ0) is 24.3. The molecule has 0 N–H and O–H groups in total. The Morgan fingerprint density at radius 1 is 1.09 bits per heavy atom. The molecule has 35 heavy (non-hydrogen) atoms. The number of aryl methyl sites for hydroxylation is 1. The number of Topliss-reactive ketones (excluding diaryl/α,β-unsaturated/α-hetero) is 1. The van der Waals surface area contributed by atoms with E-state index in [4.69, 9.17) is 14.6 Å². The van der Waals surface area contributed by atoms with Gasteiger partial charge in [0.2, 0.25) is 5.78 Å². The predicted molar refractivity (Wildman–Crippen MR) is 134 cm³/mol. The van der Waals surface area contributed by atoms with Gasteiger partial charge >= 0.3 is 5.97 Å². The number of ketones is 1. The molecule has 0 saturated carbocycles. The second-order valence-electron chi connectivity index (χ2n) is 9.36. The van der Waals surface area contributed by atoms with E-state index in [-0.39, 0.29) is 11.8 Å². The highest BCUT2D eigenvalue weighted by molar-refractivity contribution is 9.10. The second kappa shape index (κ2) is 8.05. The molecule has 3 aromatic rings. The number of hydrazone groups is 1. The lowest BCUT2D eigenvalue weighted by molar-refractivity contribution is -0.168. The Bertz CT molecular complexity index is 1400. The summed E-state index contributed by atoms with van der Waals surface area (Å²) >= 11 is 3.56. The summed E-state index contributed by atoms with van der Waals surface area (Å²) in [6, 6.07) is 21.0. The zero-order valence-electron chi connectivity index (χ0n) is 19.3. The third-order valence-corrected chi connectivity index (χ3v) is 7.51. The zero-order valence-corrected chi connectivity index (χ0v) is 20.9. The highest BCUT2D eigenvalue weighted by Crippen LogP contribution is 2.48. The van der Waals surface area contributed by atoms with Gasteiger partial charge in [0.25, 0.3) is 5.72 Å². The van der Waals surface area contributed by atoms with Crippen molar-refractivity contribution in [2.24, 2.45) is 5.10 Å². The Balaban J connectivity index is 1.41. The van der Waals surface area contributed by atoms with Crippen LogP contribution in [0.2, 0.25) is 0 Å². The van der Waals surface area contributed by atoms with Crippen molar-refractivity contribution in [1.82, 2.24) is 5.01 Å². The summed E-state index contributed by atoms with van der Waals surface area (Å²) in [7, 11) is 0. The molecule has 3 aliphatic rings. The summed E-state index contributed by atoms with van der Waals surface area (Å²) in [5.41, 5.74) is 3.89. The number of hydrogen-bond donors (Lipinski definition) is 0. The van der Waals surface area contributed by atoms with Crippen molar-refractivity contribution in [1.29, 1.82) is 0 Å². The average Bonchev–Trinajstić information content (AvgIpc) is 3.31. The summed E-state index contributed by atoms with van der Waals surface area (Å²) in [6.07, 6.45) is -0.0231. The molecule has 0 amide bonds. The summed E-state index contributed by atoms with van der Waals surface area (Å²) in [5.74, 6) is -0.184. The smallest absolute Gasteiger partial charge is 0.339 e. The second-order valence-corrected chi connectivity index (χ2v) is 10.3. The monoisotopic (exact) mass is 530 g/mol. The van der Waals surface area contributed by atoms with Gasteiger partial charge in [-0.1, -0.05) is 64.0 Å². The van der Waals surface area contributed by atoms with Gasteiger partial charge in [-0.15, -0.1) is 0 Å². The van der Waals surface area contributed by atoms with Crippen LogP contribution in [-0.4, -0.2) is 34.3 Å². The van der Waals surface area contributed by atoms with Crippen LogP contribution < -0.4 is 4.74 Å². The highest BCUT2D eigenvalue weighted by atomic mass is 79.9. The van der Waals surface area contributed by atoms with E-state index in [1.807, 2.05) is 49.4 Å². The van der Waals surface area contributed by atoms with E-state index in [9.17, 15) is 9.59 Å². The van der Waals surface area contributed by atoms with Gasteiger partial charge in [-0.25, -0.2) is 9.80 Å². The van der Waals surface area contributed by atoms with Crippen molar-refractivity contribution >= 4 is 33.4 Å². The van der Waals surface area contributed by atoms with Crippen molar-refractivity contribution < 1.29 is 19.1 Å². The Hall–Kier alpha value is -3.45. The maximum Gasteiger partial charge on any atom is 0.339 e. The highest BCUT2D eigenvalue weighted by Gasteiger charge is 2.55. The number of carbonyl (C=O) groups excluding carboxylic acids is 2. The van der Waals surface area contributed by atoms with E-state index in [1.165, 1.54) is 5.56 Å². The number of carbonyl (C=O) groups is 2. The van der Waals surface area contributed by atoms with E-state index in [1.54, 1.807) is 24.1 Å². The molecule has 0 radical (unpaired) electrons. The number of nitrogens with zero attached hydrogens (tertiary/aromatic N) is 2. The Morgan fingerprint density at radius 3 is 2.66 bits per heavy atom. The number of fused-ring (bicyclic) bond motifs is 4. The van der Waals surface area contributed by atoms with Crippen LogP contribution in [0.5, 0.6) is 5.75 Å². The molecule has 176 valence electrons. The van der Waals surface area contributed by atoms with Gasteiger partial charge in [-0.3, -0.25) is 4.79 Å². The fraction of sp³-hybridized carbons (Fsp3) is 0.250. The number of ether oxygens (including phenoxy) is 2.